The van der Waals surface area contributed by atoms with E-state index in [0.717, 1.165) is 20.8 Å². The third-order valence-corrected chi connectivity index (χ3v) is 4.68. The molecule has 1 atom stereocenters. The molecule has 0 spiro atoms. The van der Waals surface area contributed by atoms with E-state index in [4.69, 9.17) is 9.78 Å². The summed E-state index contributed by atoms with van der Waals surface area (Å²) in [6, 6.07) is 15.7. The number of hydrogen-bond donors (Lipinski definition) is 1. The van der Waals surface area contributed by atoms with E-state index in [2.05, 4.69) is 16.4 Å². The summed E-state index contributed by atoms with van der Waals surface area (Å²) in [4.78, 5) is 26.4. The predicted molar refractivity (Wildman–Crippen MR) is 93.7 cm³/mol. The van der Waals surface area contributed by atoms with E-state index in [1.165, 1.54) is 0 Å². The van der Waals surface area contributed by atoms with Crippen LogP contribution in [0.1, 0.15) is 0 Å². The zero-order chi connectivity index (χ0) is 16.4. The van der Waals surface area contributed by atoms with Crippen molar-refractivity contribution in [3.05, 3.63) is 60.7 Å². The first kappa shape index (κ1) is 15.0. The van der Waals surface area contributed by atoms with Gasteiger partial charge in [-0.05, 0) is 42.5 Å². The third kappa shape index (κ3) is 3.07. The van der Waals surface area contributed by atoms with Gasteiger partial charge in [-0.15, -0.1) is 11.3 Å². The first-order valence-electron chi connectivity index (χ1n) is 7.51. The molecular formula is C18H14N2O3S. The van der Waals surface area contributed by atoms with Crippen molar-refractivity contribution in [2.45, 2.75) is 6.10 Å². The number of amides is 1. The smallest absolute Gasteiger partial charge is 0.260 e. The number of nitrogens with zero attached hydrogens (tertiary/aromatic N) is 1. The number of carbonyl (C=O) groups excluding carboxylic acids is 1. The van der Waals surface area contributed by atoms with Gasteiger partial charge in [0.2, 0.25) is 0 Å². The molecule has 1 aromatic heterocycles. The van der Waals surface area contributed by atoms with Crippen LogP contribution in [0.5, 0.6) is 0 Å². The Bertz CT molecular complexity index is 869. The molecule has 4 rings (SSSR count). The van der Waals surface area contributed by atoms with E-state index in [9.17, 15) is 4.79 Å². The number of rotatable bonds is 3. The summed E-state index contributed by atoms with van der Waals surface area (Å²) < 4.78 is 1.16. The molecule has 0 bridgehead atoms. The number of aromatic nitrogens is 1. The van der Waals surface area contributed by atoms with E-state index in [0.29, 0.717) is 12.3 Å². The molecular weight excluding hydrogens is 324 g/mol. The van der Waals surface area contributed by atoms with Crippen LogP contribution in [0.25, 0.3) is 20.8 Å². The molecule has 24 heavy (non-hydrogen) atoms. The topological polar surface area (TPSA) is 60.5 Å². The van der Waals surface area contributed by atoms with Crippen LogP contribution in [0.3, 0.4) is 0 Å². The molecule has 3 aromatic rings. The Morgan fingerprint density at radius 2 is 2.00 bits per heavy atom. The van der Waals surface area contributed by atoms with Crippen molar-refractivity contribution in [1.82, 2.24) is 4.98 Å². The zero-order valence-corrected chi connectivity index (χ0v) is 13.5. The van der Waals surface area contributed by atoms with Gasteiger partial charge in [-0.3, -0.25) is 4.79 Å². The molecule has 0 fully saturated rings. The molecule has 0 saturated carbocycles. The molecule has 2 heterocycles. The van der Waals surface area contributed by atoms with Gasteiger partial charge < -0.3 is 5.32 Å². The van der Waals surface area contributed by atoms with Crippen molar-refractivity contribution in [3.8, 4) is 10.6 Å². The van der Waals surface area contributed by atoms with Crippen molar-refractivity contribution in [3.63, 3.8) is 0 Å². The van der Waals surface area contributed by atoms with Crippen molar-refractivity contribution in [1.29, 1.82) is 0 Å². The lowest BCUT2D eigenvalue weighted by Crippen LogP contribution is -2.30. The van der Waals surface area contributed by atoms with Crippen LogP contribution in [-0.2, 0) is 14.6 Å². The zero-order valence-electron chi connectivity index (χ0n) is 12.6. The van der Waals surface area contributed by atoms with Gasteiger partial charge >= 0.3 is 0 Å². The number of thiazole rings is 1. The molecule has 2 aromatic carbocycles. The lowest BCUT2D eigenvalue weighted by molar-refractivity contribution is -0.304. The fourth-order valence-electron chi connectivity index (χ4n) is 2.40. The molecule has 1 amide bonds. The SMILES string of the molecule is O=C(Nc1ccc(-c2nc3ccccc3s2)cc1)C1C=CCOO1. The number of carbonyl (C=O) groups is 1. The predicted octanol–water partition coefficient (Wildman–Crippen LogP) is 3.79. The van der Waals surface area contributed by atoms with Gasteiger partial charge in [0.1, 0.15) is 11.6 Å². The lowest BCUT2D eigenvalue weighted by atomic mass is 10.2. The number of anilines is 1. The maximum atomic E-state index is 12.1. The van der Waals surface area contributed by atoms with Crippen LogP contribution in [0.4, 0.5) is 5.69 Å². The second kappa shape index (κ2) is 6.52. The normalized spacial score (nSPS) is 17.1. The molecule has 1 N–H and O–H groups in total. The molecule has 6 heteroatoms. The molecule has 1 aliphatic heterocycles. The Balaban J connectivity index is 1.51. The third-order valence-electron chi connectivity index (χ3n) is 3.60. The Hall–Kier alpha value is -2.54. The van der Waals surface area contributed by atoms with Crippen LogP contribution >= 0.6 is 11.3 Å². The van der Waals surface area contributed by atoms with E-state index in [-0.39, 0.29) is 5.91 Å². The van der Waals surface area contributed by atoms with Crippen molar-refractivity contribution < 1.29 is 14.6 Å². The quantitative estimate of drug-likeness (QED) is 0.583. The molecule has 1 aliphatic rings. The minimum Gasteiger partial charge on any atom is -0.323 e. The highest BCUT2D eigenvalue weighted by molar-refractivity contribution is 7.21. The van der Waals surface area contributed by atoms with Gasteiger partial charge in [0.15, 0.2) is 6.10 Å². The Kier molecular flexibility index (Phi) is 4.08. The molecule has 5 nitrogen and oxygen atoms in total. The molecule has 1 unspecified atom stereocenters. The Morgan fingerprint density at radius 1 is 1.17 bits per heavy atom. The molecule has 0 aliphatic carbocycles. The Morgan fingerprint density at radius 3 is 2.75 bits per heavy atom. The monoisotopic (exact) mass is 338 g/mol. The van der Waals surface area contributed by atoms with Crippen molar-refractivity contribution in [2.75, 3.05) is 11.9 Å². The summed E-state index contributed by atoms with van der Waals surface area (Å²) in [5.41, 5.74) is 2.72. The summed E-state index contributed by atoms with van der Waals surface area (Å²) in [7, 11) is 0. The largest absolute Gasteiger partial charge is 0.323 e. The van der Waals surface area contributed by atoms with Crippen LogP contribution in [-0.4, -0.2) is 23.6 Å². The van der Waals surface area contributed by atoms with Crippen LogP contribution in [0, 0.1) is 0 Å². The fraction of sp³-hybridized carbons (Fsp3) is 0.111. The summed E-state index contributed by atoms with van der Waals surface area (Å²) in [5.74, 6) is -0.265. The van der Waals surface area contributed by atoms with Gasteiger partial charge in [-0.25, -0.2) is 14.8 Å². The lowest BCUT2D eigenvalue weighted by Gasteiger charge is -2.15. The van der Waals surface area contributed by atoms with Crippen LogP contribution in [0.2, 0.25) is 0 Å². The average molecular weight is 338 g/mol. The van der Waals surface area contributed by atoms with E-state index in [1.54, 1.807) is 23.5 Å². The van der Waals surface area contributed by atoms with Gasteiger partial charge in [0, 0.05) is 11.3 Å². The molecule has 0 saturated heterocycles. The standard InChI is InChI=1S/C18H14N2O3S/c21-17(15-5-3-11-22-23-15)19-13-9-7-12(8-10-13)18-20-14-4-1-2-6-16(14)24-18/h1-10,15H,11H2,(H,19,21). The minimum atomic E-state index is -0.720. The average Bonchev–Trinajstić information content (AvgIpc) is 3.07. The second-order valence-electron chi connectivity index (χ2n) is 5.28. The van der Waals surface area contributed by atoms with Gasteiger partial charge in [-0.2, -0.15) is 0 Å². The highest BCUT2D eigenvalue weighted by Gasteiger charge is 2.19. The van der Waals surface area contributed by atoms with Crippen molar-refractivity contribution >= 4 is 33.1 Å². The van der Waals surface area contributed by atoms with Gasteiger partial charge in [0.25, 0.3) is 5.91 Å². The first-order chi connectivity index (χ1) is 11.8. The maximum Gasteiger partial charge on any atom is 0.260 e. The maximum absolute atomic E-state index is 12.1. The first-order valence-corrected chi connectivity index (χ1v) is 8.33. The second-order valence-corrected chi connectivity index (χ2v) is 6.31. The number of benzene rings is 2. The summed E-state index contributed by atoms with van der Waals surface area (Å²) >= 11 is 1.65. The van der Waals surface area contributed by atoms with Gasteiger partial charge in [0.05, 0.1) is 10.2 Å². The summed E-state index contributed by atoms with van der Waals surface area (Å²) in [5, 5.41) is 3.76. The number of nitrogens with one attached hydrogen (secondary N) is 1. The number of para-hydroxylation sites is 1. The van der Waals surface area contributed by atoms with Crippen molar-refractivity contribution in [2.24, 2.45) is 0 Å². The Labute approximate surface area is 142 Å². The van der Waals surface area contributed by atoms with Crippen LogP contribution < -0.4 is 5.32 Å². The minimum absolute atomic E-state index is 0.265. The number of fused-ring (bicyclic) bond motifs is 1. The molecule has 120 valence electrons. The van der Waals surface area contributed by atoms with E-state index >= 15 is 0 Å². The fourth-order valence-corrected chi connectivity index (χ4v) is 3.37. The highest BCUT2D eigenvalue weighted by Crippen LogP contribution is 2.30. The molecule has 0 radical (unpaired) electrons. The van der Waals surface area contributed by atoms with Gasteiger partial charge in [-0.1, -0.05) is 18.2 Å². The summed E-state index contributed by atoms with van der Waals surface area (Å²) in [6.07, 6.45) is 2.71. The summed E-state index contributed by atoms with van der Waals surface area (Å²) in [6.45, 7) is 0.362. The highest BCUT2D eigenvalue weighted by atomic mass is 32.1. The van der Waals surface area contributed by atoms with Crippen LogP contribution in [0.15, 0.2) is 60.7 Å². The van der Waals surface area contributed by atoms with E-state index in [1.807, 2.05) is 42.5 Å². The number of hydrogen-bond acceptors (Lipinski definition) is 5. The van der Waals surface area contributed by atoms with E-state index < -0.39 is 6.10 Å².